The third kappa shape index (κ3) is 3.27. The van der Waals surface area contributed by atoms with Gasteiger partial charge >= 0.3 is 5.97 Å². The maximum absolute atomic E-state index is 12.3. The standard InChI is InChI=1S/C16H26N2O4/c19-15(17-7-9-22-10-8-17)5-6-18-13-4-2-1-3-12(13)11-14(18)16(20)21/h12-14H,1-11H2,(H,20,21). The molecular formula is C16H26N2O4. The number of hydrogen-bond donors (Lipinski definition) is 1. The molecule has 2 aliphatic heterocycles. The normalized spacial score (nSPS) is 32.7. The molecule has 1 N–H and O–H groups in total. The van der Waals surface area contributed by atoms with Crippen LogP contribution in [-0.2, 0) is 14.3 Å². The van der Waals surface area contributed by atoms with Gasteiger partial charge in [0.15, 0.2) is 0 Å². The number of amides is 1. The lowest BCUT2D eigenvalue weighted by Crippen LogP contribution is -2.46. The Kier molecular flexibility index (Phi) is 4.98. The summed E-state index contributed by atoms with van der Waals surface area (Å²) >= 11 is 0. The van der Waals surface area contributed by atoms with Crippen LogP contribution in [0.25, 0.3) is 0 Å². The number of carboxylic acids is 1. The zero-order chi connectivity index (χ0) is 15.5. The zero-order valence-electron chi connectivity index (χ0n) is 13.1. The fraction of sp³-hybridized carbons (Fsp3) is 0.875. The Morgan fingerprint density at radius 2 is 1.86 bits per heavy atom. The second kappa shape index (κ2) is 6.96. The van der Waals surface area contributed by atoms with E-state index in [1.54, 1.807) is 0 Å². The number of carbonyl (C=O) groups is 2. The van der Waals surface area contributed by atoms with Gasteiger partial charge in [-0.05, 0) is 25.2 Å². The molecule has 3 unspecified atom stereocenters. The number of aliphatic carboxylic acids is 1. The summed E-state index contributed by atoms with van der Waals surface area (Å²) < 4.78 is 5.26. The molecule has 6 nitrogen and oxygen atoms in total. The molecule has 0 aromatic carbocycles. The minimum atomic E-state index is -0.728. The van der Waals surface area contributed by atoms with Gasteiger partial charge in [-0.2, -0.15) is 0 Å². The van der Waals surface area contributed by atoms with E-state index < -0.39 is 12.0 Å². The molecule has 3 atom stereocenters. The Morgan fingerprint density at radius 3 is 2.59 bits per heavy atom. The number of likely N-dealkylation sites (tertiary alicyclic amines) is 1. The number of nitrogens with zero attached hydrogens (tertiary/aromatic N) is 2. The minimum Gasteiger partial charge on any atom is -0.480 e. The van der Waals surface area contributed by atoms with Gasteiger partial charge in [-0.25, -0.2) is 0 Å². The molecule has 1 saturated carbocycles. The van der Waals surface area contributed by atoms with Crippen molar-refractivity contribution in [1.82, 2.24) is 9.80 Å². The quantitative estimate of drug-likeness (QED) is 0.837. The molecule has 3 aliphatic rings. The summed E-state index contributed by atoms with van der Waals surface area (Å²) in [4.78, 5) is 27.8. The first kappa shape index (κ1) is 15.7. The summed E-state index contributed by atoms with van der Waals surface area (Å²) in [6, 6.07) is -0.0297. The van der Waals surface area contributed by atoms with Crippen molar-refractivity contribution in [3.05, 3.63) is 0 Å². The summed E-state index contributed by atoms with van der Waals surface area (Å²) in [5.74, 6) is -0.0896. The van der Waals surface area contributed by atoms with Crippen LogP contribution in [0.5, 0.6) is 0 Å². The molecule has 6 heteroatoms. The van der Waals surface area contributed by atoms with Crippen LogP contribution in [0.2, 0.25) is 0 Å². The van der Waals surface area contributed by atoms with Crippen LogP contribution >= 0.6 is 0 Å². The average molecular weight is 310 g/mol. The van der Waals surface area contributed by atoms with Crippen molar-refractivity contribution >= 4 is 11.9 Å². The van der Waals surface area contributed by atoms with E-state index in [4.69, 9.17) is 4.74 Å². The van der Waals surface area contributed by atoms with Crippen LogP contribution in [0.4, 0.5) is 0 Å². The van der Waals surface area contributed by atoms with Crippen molar-refractivity contribution in [1.29, 1.82) is 0 Å². The SMILES string of the molecule is O=C(O)C1CC2CCCCC2N1CCC(=O)N1CCOCC1. The van der Waals surface area contributed by atoms with E-state index >= 15 is 0 Å². The van der Waals surface area contributed by atoms with Gasteiger partial charge in [0, 0.05) is 32.1 Å². The fourth-order valence-electron chi connectivity index (χ4n) is 4.31. The van der Waals surface area contributed by atoms with Gasteiger partial charge in [-0.1, -0.05) is 12.8 Å². The third-order valence-electron chi connectivity index (χ3n) is 5.45. The van der Waals surface area contributed by atoms with E-state index in [0.29, 0.717) is 51.2 Å². The van der Waals surface area contributed by atoms with E-state index in [-0.39, 0.29) is 5.91 Å². The number of rotatable bonds is 4. The first-order chi connectivity index (χ1) is 10.7. The van der Waals surface area contributed by atoms with E-state index in [1.165, 1.54) is 12.8 Å². The summed E-state index contributed by atoms with van der Waals surface area (Å²) in [6.45, 7) is 3.12. The topological polar surface area (TPSA) is 70.1 Å². The maximum Gasteiger partial charge on any atom is 0.320 e. The number of carbonyl (C=O) groups excluding carboxylic acids is 1. The van der Waals surface area contributed by atoms with Gasteiger partial charge in [0.2, 0.25) is 5.91 Å². The highest BCUT2D eigenvalue weighted by Gasteiger charge is 2.45. The number of carboxylic acid groups (broad SMARTS) is 1. The van der Waals surface area contributed by atoms with Crippen LogP contribution in [0.3, 0.4) is 0 Å². The first-order valence-corrected chi connectivity index (χ1v) is 8.51. The predicted molar refractivity (Wildman–Crippen MR) is 80.5 cm³/mol. The molecule has 124 valence electrons. The van der Waals surface area contributed by atoms with E-state index in [2.05, 4.69) is 4.90 Å². The number of fused-ring (bicyclic) bond motifs is 1. The third-order valence-corrected chi connectivity index (χ3v) is 5.45. The average Bonchev–Trinajstić information content (AvgIpc) is 2.92. The van der Waals surface area contributed by atoms with Crippen molar-refractivity contribution in [3.8, 4) is 0 Å². The highest BCUT2D eigenvalue weighted by atomic mass is 16.5. The molecule has 3 rings (SSSR count). The lowest BCUT2D eigenvalue weighted by Gasteiger charge is -2.33. The fourth-order valence-corrected chi connectivity index (χ4v) is 4.31. The summed E-state index contributed by atoms with van der Waals surface area (Å²) in [5.41, 5.74) is 0. The number of hydrogen-bond acceptors (Lipinski definition) is 4. The predicted octanol–water partition coefficient (Wildman–Crippen LogP) is 0.953. The Morgan fingerprint density at radius 1 is 1.14 bits per heavy atom. The van der Waals surface area contributed by atoms with Crippen molar-refractivity contribution < 1.29 is 19.4 Å². The second-order valence-electron chi connectivity index (χ2n) is 6.68. The van der Waals surface area contributed by atoms with Gasteiger partial charge in [0.05, 0.1) is 13.2 Å². The lowest BCUT2D eigenvalue weighted by molar-refractivity contribution is -0.144. The zero-order valence-corrected chi connectivity index (χ0v) is 13.1. The van der Waals surface area contributed by atoms with Gasteiger partial charge in [0.1, 0.15) is 6.04 Å². The smallest absolute Gasteiger partial charge is 0.320 e. The van der Waals surface area contributed by atoms with Crippen molar-refractivity contribution in [2.45, 2.75) is 50.6 Å². The van der Waals surface area contributed by atoms with Gasteiger partial charge < -0.3 is 14.7 Å². The highest BCUT2D eigenvalue weighted by molar-refractivity contribution is 5.77. The summed E-state index contributed by atoms with van der Waals surface area (Å²) in [7, 11) is 0. The molecule has 1 aliphatic carbocycles. The Balaban J connectivity index is 1.58. The van der Waals surface area contributed by atoms with E-state index in [1.807, 2.05) is 4.90 Å². The Labute approximate surface area is 131 Å². The Bertz CT molecular complexity index is 422. The van der Waals surface area contributed by atoms with Crippen molar-refractivity contribution in [2.75, 3.05) is 32.8 Å². The largest absolute Gasteiger partial charge is 0.480 e. The molecule has 0 bridgehead atoms. The molecule has 2 saturated heterocycles. The molecular weight excluding hydrogens is 284 g/mol. The van der Waals surface area contributed by atoms with Crippen molar-refractivity contribution in [2.24, 2.45) is 5.92 Å². The van der Waals surface area contributed by atoms with Gasteiger partial charge in [-0.3, -0.25) is 14.5 Å². The highest BCUT2D eigenvalue weighted by Crippen LogP contribution is 2.39. The van der Waals surface area contributed by atoms with Crippen LogP contribution < -0.4 is 0 Å². The molecule has 3 fully saturated rings. The van der Waals surface area contributed by atoms with E-state index in [9.17, 15) is 14.7 Å². The minimum absolute atomic E-state index is 0.131. The van der Waals surface area contributed by atoms with Gasteiger partial charge in [-0.15, -0.1) is 0 Å². The summed E-state index contributed by atoms with van der Waals surface area (Å²) in [6.07, 6.45) is 5.80. The van der Waals surface area contributed by atoms with Crippen LogP contribution in [0.15, 0.2) is 0 Å². The maximum atomic E-state index is 12.3. The molecule has 0 spiro atoms. The molecule has 1 amide bonds. The lowest BCUT2D eigenvalue weighted by atomic mass is 9.85. The summed E-state index contributed by atoms with van der Waals surface area (Å²) in [5, 5.41) is 9.49. The molecule has 0 radical (unpaired) electrons. The number of ether oxygens (including phenoxy) is 1. The molecule has 22 heavy (non-hydrogen) atoms. The van der Waals surface area contributed by atoms with Crippen LogP contribution in [-0.4, -0.2) is 71.7 Å². The van der Waals surface area contributed by atoms with Crippen LogP contribution in [0, 0.1) is 5.92 Å². The molecule has 0 aromatic rings. The molecule has 0 aromatic heterocycles. The Hall–Kier alpha value is -1.14. The molecule has 2 heterocycles. The van der Waals surface area contributed by atoms with Crippen molar-refractivity contribution in [3.63, 3.8) is 0 Å². The second-order valence-corrected chi connectivity index (χ2v) is 6.68. The first-order valence-electron chi connectivity index (χ1n) is 8.51. The van der Waals surface area contributed by atoms with Gasteiger partial charge in [0.25, 0.3) is 0 Å². The van der Waals surface area contributed by atoms with E-state index in [0.717, 1.165) is 19.3 Å². The number of morpholine rings is 1. The van der Waals surface area contributed by atoms with Crippen LogP contribution in [0.1, 0.15) is 38.5 Å². The monoisotopic (exact) mass is 310 g/mol.